The molecule has 1 saturated carbocycles. The van der Waals surface area contributed by atoms with Gasteiger partial charge in [-0.2, -0.15) is 0 Å². The van der Waals surface area contributed by atoms with Gasteiger partial charge in [-0.05, 0) is 51.1 Å². The monoisotopic (exact) mass is 283 g/mol. The van der Waals surface area contributed by atoms with Crippen LogP contribution in [0.2, 0.25) is 0 Å². The van der Waals surface area contributed by atoms with Gasteiger partial charge in [0, 0.05) is 13.1 Å². The molecule has 4 heteroatoms. The number of likely N-dealkylation sites (N-methyl/N-ethyl adjacent to an activating group) is 1. The topological polar surface area (TPSA) is 58.4 Å². The number of hydrogen-bond donors (Lipinski definition) is 2. The van der Waals surface area contributed by atoms with E-state index in [0.717, 1.165) is 38.8 Å². The molecule has 118 valence electrons. The van der Waals surface area contributed by atoms with Crippen LogP contribution >= 0.6 is 0 Å². The summed E-state index contributed by atoms with van der Waals surface area (Å²) in [6.45, 7) is 8.69. The van der Waals surface area contributed by atoms with Crippen LogP contribution in [-0.4, -0.2) is 43.5 Å². The standard InChI is InChI=1S/C16H33N3O/c1-6-15(2,3)13-7-9-16(10-8-13,14(17)20)18-11-12-19(4)5/h13,18H,6-12H2,1-5H3,(H2,17,20). The maximum Gasteiger partial charge on any atom is 0.237 e. The van der Waals surface area contributed by atoms with Gasteiger partial charge in [-0.1, -0.05) is 27.2 Å². The molecule has 0 aromatic rings. The lowest BCUT2D eigenvalue weighted by Crippen LogP contribution is -2.58. The molecule has 1 rings (SSSR count). The van der Waals surface area contributed by atoms with Crippen molar-refractivity contribution in [2.75, 3.05) is 27.2 Å². The zero-order valence-corrected chi connectivity index (χ0v) is 14.0. The van der Waals surface area contributed by atoms with Crippen LogP contribution in [0.25, 0.3) is 0 Å². The predicted molar refractivity (Wildman–Crippen MR) is 84.5 cm³/mol. The Morgan fingerprint density at radius 1 is 1.35 bits per heavy atom. The van der Waals surface area contributed by atoms with Crippen LogP contribution in [0.15, 0.2) is 0 Å². The number of nitrogens with one attached hydrogen (secondary N) is 1. The Balaban J connectivity index is 2.61. The third-order valence-corrected chi connectivity index (χ3v) is 5.35. The molecule has 0 unspecified atom stereocenters. The number of hydrogen-bond acceptors (Lipinski definition) is 3. The Labute approximate surface area is 124 Å². The average Bonchev–Trinajstić information content (AvgIpc) is 2.38. The van der Waals surface area contributed by atoms with Crippen molar-refractivity contribution in [3.8, 4) is 0 Å². The molecule has 0 radical (unpaired) electrons. The van der Waals surface area contributed by atoms with Crippen LogP contribution in [-0.2, 0) is 4.79 Å². The van der Waals surface area contributed by atoms with Crippen LogP contribution in [0.3, 0.4) is 0 Å². The molecule has 0 heterocycles. The first-order valence-corrected chi connectivity index (χ1v) is 7.93. The highest BCUT2D eigenvalue weighted by Gasteiger charge is 2.42. The first-order valence-electron chi connectivity index (χ1n) is 7.93. The number of nitrogens with two attached hydrogens (primary N) is 1. The summed E-state index contributed by atoms with van der Waals surface area (Å²) in [5.74, 6) is 0.527. The molecule has 20 heavy (non-hydrogen) atoms. The summed E-state index contributed by atoms with van der Waals surface area (Å²) in [4.78, 5) is 14.0. The summed E-state index contributed by atoms with van der Waals surface area (Å²) in [5.41, 5.74) is 5.58. The minimum atomic E-state index is -0.476. The van der Waals surface area contributed by atoms with Crippen molar-refractivity contribution in [2.45, 2.75) is 58.4 Å². The first-order chi connectivity index (χ1) is 9.23. The van der Waals surface area contributed by atoms with E-state index in [9.17, 15) is 4.79 Å². The minimum absolute atomic E-state index is 0.177. The Morgan fingerprint density at radius 3 is 2.30 bits per heavy atom. The quantitative estimate of drug-likeness (QED) is 0.751. The van der Waals surface area contributed by atoms with Crippen molar-refractivity contribution in [1.29, 1.82) is 0 Å². The molecule has 1 amide bonds. The summed E-state index contributed by atoms with van der Waals surface area (Å²) in [7, 11) is 4.08. The normalized spacial score (nSPS) is 27.8. The lowest BCUT2D eigenvalue weighted by Gasteiger charge is -2.44. The third-order valence-electron chi connectivity index (χ3n) is 5.35. The second-order valence-electron chi connectivity index (χ2n) is 7.29. The maximum atomic E-state index is 11.9. The van der Waals surface area contributed by atoms with Gasteiger partial charge in [0.25, 0.3) is 0 Å². The maximum absolute atomic E-state index is 11.9. The number of rotatable bonds is 7. The van der Waals surface area contributed by atoms with Crippen molar-refractivity contribution >= 4 is 5.91 Å². The summed E-state index contributed by atoms with van der Waals surface area (Å²) >= 11 is 0. The molecule has 3 N–H and O–H groups in total. The lowest BCUT2D eigenvalue weighted by molar-refractivity contribution is -0.126. The third kappa shape index (κ3) is 4.19. The molecule has 1 aliphatic rings. The van der Waals surface area contributed by atoms with Crippen LogP contribution < -0.4 is 11.1 Å². The van der Waals surface area contributed by atoms with Crippen LogP contribution in [0, 0.1) is 11.3 Å². The molecule has 0 aliphatic heterocycles. The van der Waals surface area contributed by atoms with E-state index in [1.54, 1.807) is 0 Å². The molecule has 0 spiro atoms. The lowest BCUT2D eigenvalue weighted by atomic mass is 9.65. The summed E-state index contributed by atoms with van der Waals surface area (Å²) in [6, 6.07) is 0. The van der Waals surface area contributed by atoms with Gasteiger partial charge in [0.1, 0.15) is 0 Å². The molecular formula is C16H33N3O. The van der Waals surface area contributed by atoms with Gasteiger partial charge in [0.15, 0.2) is 0 Å². The van der Waals surface area contributed by atoms with E-state index < -0.39 is 5.54 Å². The summed E-state index contributed by atoms with van der Waals surface area (Å²) < 4.78 is 0. The fraction of sp³-hybridized carbons (Fsp3) is 0.938. The summed E-state index contributed by atoms with van der Waals surface area (Å²) in [5, 5.41) is 3.44. The van der Waals surface area contributed by atoms with E-state index in [0.29, 0.717) is 11.3 Å². The fourth-order valence-electron chi connectivity index (χ4n) is 3.21. The van der Waals surface area contributed by atoms with Crippen molar-refractivity contribution in [3.63, 3.8) is 0 Å². The van der Waals surface area contributed by atoms with Crippen LogP contribution in [0.1, 0.15) is 52.9 Å². The Hall–Kier alpha value is -0.610. The highest BCUT2D eigenvalue weighted by atomic mass is 16.1. The smallest absolute Gasteiger partial charge is 0.237 e. The van der Waals surface area contributed by atoms with E-state index in [4.69, 9.17) is 5.73 Å². The van der Waals surface area contributed by atoms with Crippen LogP contribution in [0.4, 0.5) is 0 Å². The number of amides is 1. The number of carbonyl (C=O) groups excluding carboxylic acids is 1. The molecule has 1 aliphatic carbocycles. The molecule has 1 fully saturated rings. The van der Waals surface area contributed by atoms with Crippen molar-refractivity contribution in [3.05, 3.63) is 0 Å². The Morgan fingerprint density at radius 2 is 1.90 bits per heavy atom. The molecule has 0 bridgehead atoms. The van der Waals surface area contributed by atoms with E-state index in [1.807, 2.05) is 14.1 Å². The zero-order chi connectivity index (χ0) is 15.4. The predicted octanol–water partition coefficient (Wildman–Crippen LogP) is 1.99. The van der Waals surface area contributed by atoms with Gasteiger partial charge in [-0.3, -0.25) is 4.79 Å². The van der Waals surface area contributed by atoms with Crippen molar-refractivity contribution in [2.24, 2.45) is 17.1 Å². The van der Waals surface area contributed by atoms with Crippen molar-refractivity contribution < 1.29 is 4.79 Å². The molecular weight excluding hydrogens is 250 g/mol. The van der Waals surface area contributed by atoms with E-state index in [2.05, 4.69) is 31.0 Å². The second-order valence-corrected chi connectivity index (χ2v) is 7.29. The van der Waals surface area contributed by atoms with Gasteiger partial charge in [-0.25, -0.2) is 0 Å². The Bertz CT molecular complexity index is 318. The second kappa shape index (κ2) is 6.90. The van der Waals surface area contributed by atoms with E-state index >= 15 is 0 Å². The fourth-order valence-corrected chi connectivity index (χ4v) is 3.21. The van der Waals surface area contributed by atoms with Gasteiger partial charge in [0.2, 0.25) is 5.91 Å². The van der Waals surface area contributed by atoms with E-state index in [1.165, 1.54) is 6.42 Å². The molecule has 4 nitrogen and oxygen atoms in total. The molecule has 0 saturated heterocycles. The first kappa shape index (κ1) is 17.4. The average molecular weight is 283 g/mol. The molecule has 0 atom stereocenters. The zero-order valence-electron chi connectivity index (χ0n) is 14.0. The van der Waals surface area contributed by atoms with Gasteiger partial charge in [-0.15, -0.1) is 0 Å². The van der Waals surface area contributed by atoms with Gasteiger partial charge in [0.05, 0.1) is 5.54 Å². The largest absolute Gasteiger partial charge is 0.368 e. The highest BCUT2D eigenvalue weighted by Crippen LogP contribution is 2.43. The molecule has 0 aromatic carbocycles. The van der Waals surface area contributed by atoms with Crippen LogP contribution in [0.5, 0.6) is 0 Å². The number of carbonyl (C=O) groups is 1. The Kier molecular flexibility index (Phi) is 6.02. The SMILES string of the molecule is CCC(C)(C)C1CCC(NCCN(C)C)(C(N)=O)CC1. The van der Waals surface area contributed by atoms with Crippen molar-refractivity contribution in [1.82, 2.24) is 10.2 Å². The van der Waals surface area contributed by atoms with E-state index in [-0.39, 0.29) is 5.91 Å². The van der Waals surface area contributed by atoms with Gasteiger partial charge >= 0.3 is 0 Å². The molecule has 0 aromatic heterocycles. The summed E-state index contributed by atoms with van der Waals surface area (Å²) in [6.07, 6.45) is 5.14. The highest BCUT2D eigenvalue weighted by molar-refractivity contribution is 5.84. The van der Waals surface area contributed by atoms with Gasteiger partial charge < -0.3 is 16.0 Å². The number of primary amides is 1. The number of nitrogens with zero attached hydrogens (tertiary/aromatic N) is 1. The minimum Gasteiger partial charge on any atom is -0.368 e.